The third-order valence-corrected chi connectivity index (χ3v) is 6.75. The smallest absolute Gasteiger partial charge is 0.326 e. The number of amides is 3. The van der Waals surface area contributed by atoms with E-state index in [0.717, 1.165) is 22.6 Å². The maximum Gasteiger partial charge on any atom is 0.326 e. The van der Waals surface area contributed by atoms with Crippen LogP contribution < -0.4 is 5.32 Å². The lowest BCUT2D eigenvalue weighted by Crippen LogP contribution is -2.37. The van der Waals surface area contributed by atoms with E-state index >= 15 is 0 Å². The van der Waals surface area contributed by atoms with Gasteiger partial charge in [0.2, 0.25) is 23.5 Å². The molecule has 1 aromatic rings. The van der Waals surface area contributed by atoms with Crippen LogP contribution in [0.15, 0.2) is 12.1 Å². The van der Waals surface area contributed by atoms with Gasteiger partial charge in [0.15, 0.2) is 6.61 Å². The van der Waals surface area contributed by atoms with Gasteiger partial charge in [-0.3, -0.25) is 28.9 Å². The molecule has 1 saturated heterocycles. The van der Waals surface area contributed by atoms with Crippen molar-refractivity contribution in [3.8, 4) is 0 Å². The lowest BCUT2D eigenvalue weighted by atomic mass is 9.81. The molecule has 0 radical (unpaired) electrons. The predicted octanol–water partition coefficient (Wildman–Crippen LogP) is 2.31. The fourth-order valence-corrected chi connectivity index (χ4v) is 4.71. The number of carbonyl (C=O) groups excluding carboxylic acids is 5. The van der Waals surface area contributed by atoms with Crippen molar-refractivity contribution in [1.82, 2.24) is 10.2 Å². The highest BCUT2D eigenvalue weighted by atomic mass is 32.1. The molecule has 0 aromatic carbocycles. The Labute approximate surface area is 185 Å². The summed E-state index contributed by atoms with van der Waals surface area (Å²) in [5, 5.41) is 2.82. The number of imide groups is 1. The monoisotopic (exact) mass is 448 g/mol. The number of ether oxygens (including phenoxy) is 1. The molecular weight excluding hydrogens is 420 g/mol. The molecule has 2 atom stereocenters. The van der Waals surface area contributed by atoms with Crippen LogP contribution in [0.5, 0.6) is 0 Å². The molecule has 1 N–H and O–H groups in total. The zero-order valence-corrected chi connectivity index (χ0v) is 18.9. The molecule has 1 saturated carbocycles. The van der Waals surface area contributed by atoms with Gasteiger partial charge >= 0.3 is 5.97 Å². The molecule has 1 aromatic heterocycles. The molecule has 2 aliphatic rings. The Morgan fingerprint density at radius 2 is 1.71 bits per heavy atom. The number of fused-ring (bicyclic) bond motifs is 1. The number of nitrogens with zero attached hydrogens (tertiary/aromatic N) is 1. The second-order valence-corrected chi connectivity index (χ2v) is 10.2. The average molecular weight is 449 g/mol. The molecule has 0 unspecified atom stereocenters. The number of hydrogen-bond acceptors (Lipinski definition) is 7. The summed E-state index contributed by atoms with van der Waals surface area (Å²) in [6.07, 6.45) is 3.18. The van der Waals surface area contributed by atoms with E-state index in [4.69, 9.17) is 4.74 Å². The minimum Gasteiger partial charge on any atom is -0.456 e. The molecule has 1 aliphatic carbocycles. The highest BCUT2D eigenvalue weighted by Crippen LogP contribution is 2.37. The lowest BCUT2D eigenvalue weighted by molar-refractivity contribution is -0.152. The highest BCUT2D eigenvalue weighted by molar-refractivity contribution is 7.14. The number of thiophene rings is 1. The van der Waals surface area contributed by atoms with Crippen LogP contribution in [0.3, 0.4) is 0 Å². The van der Waals surface area contributed by atoms with E-state index in [1.165, 1.54) is 11.3 Å². The highest BCUT2D eigenvalue weighted by Gasteiger charge is 2.48. The van der Waals surface area contributed by atoms with E-state index in [1.54, 1.807) is 12.1 Å². The summed E-state index contributed by atoms with van der Waals surface area (Å²) >= 11 is 1.22. The van der Waals surface area contributed by atoms with Crippen LogP contribution in [0.1, 0.15) is 61.0 Å². The number of hydrogen-bond donors (Lipinski definition) is 1. The SMILES string of the molecule is CC(C)(C)C(=O)NCc1ccc(C(=O)COC(=O)CN2C(=O)[C@H]3CCCC[C@H]3C2=O)s1. The Morgan fingerprint density at radius 1 is 1.10 bits per heavy atom. The summed E-state index contributed by atoms with van der Waals surface area (Å²) in [4.78, 5) is 63.5. The second-order valence-electron chi connectivity index (χ2n) is 9.04. The van der Waals surface area contributed by atoms with Crippen LogP contribution >= 0.6 is 11.3 Å². The van der Waals surface area contributed by atoms with E-state index in [0.29, 0.717) is 24.3 Å². The first-order valence-electron chi connectivity index (χ1n) is 10.5. The van der Waals surface area contributed by atoms with Gasteiger partial charge in [-0.1, -0.05) is 33.6 Å². The van der Waals surface area contributed by atoms with Gasteiger partial charge in [0.25, 0.3) is 0 Å². The van der Waals surface area contributed by atoms with Crippen molar-refractivity contribution in [2.75, 3.05) is 13.2 Å². The molecule has 3 amide bonds. The zero-order valence-electron chi connectivity index (χ0n) is 18.1. The quantitative estimate of drug-likeness (QED) is 0.389. The number of nitrogens with one attached hydrogen (secondary N) is 1. The van der Waals surface area contributed by atoms with Crippen LogP contribution in [0.2, 0.25) is 0 Å². The third kappa shape index (κ3) is 5.39. The van der Waals surface area contributed by atoms with Gasteiger partial charge in [0.1, 0.15) is 6.54 Å². The van der Waals surface area contributed by atoms with Crippen LogP contribution in [0.4, 0.5) is 0 Å². The van der Waals surface area contributed by atoms with Gasteiger partial charge in [-0.15, -0.1) is 11.3 Å². The second kappa shape index (κ2) is 9.30. The van der Waals surface area contributed by atoms with Gasteiger partial charge in [-0.2, -0.15) is 0 Å². The first kappa shape index (κ1) is 23.1. The Bertz CT molecular complexity index is 876. The average Bonchev–Trinajstić information content (AvgIpc) is 3.29. The summed E-state index contributed by atoms with van der Waals surface area (Å²) in [6, 6.07) is 3.36. The fraction of sp³-hybridized carbons (Fsp3) is 0.591. The first-order chi connectivity index (χ1) is 14.6. The molecular formula is C22H28N2O6S. The molecule has 168 valence electrons. The van der Waals surface area contributed by atoms with E-state index in [2.05, 4.69) is 5.32 Å². The van der Waals surface area contributed by atoms with Crippen molar-refractivity contribution in [3.05, 3.63) is 21.9 Å². The molecule has 1 aliphatic heterocycles. The molecule has 8 nitrogen and oxygen atoms in total. The van der Waals surface area contributed by atoms with E-state index in [9.17, 15) is 24.0 Å². The van der Waals surface area contributed by atoms with Crippen molar-refractivity contribution < 1.29 is 28.7 Å². The molecule has 2 heterocycles. The van der Waals surface area contributed by atoms with Crippen molar-refractivity contribution in [3.63, 3.8) is 0 Å². The van der Waals surface area contributed by atoms with Crippen molar-refractivity contribution in [2.45, 2.75) is 53.0 Å². The molecule has 9 heteroatoms. The fourth-order valence-electron chi connectivity index (χ4n) is 3.83. The maximum absolute atomic E-state index is 12.4. The van der Waals surface area contributed by atoms with Gasteiger partial charge in [-0.25, -0.2) is 0 Å². The number of Topliss-reactive ketones (excluding diaryl/α,β-unsaturated/α-hetero) is 1. The predicted molar refractivity (Wildman–Crippen MR) is 113 cm³/mol. The number of esters is 1. The van der Waals surface area contributed by atoms with E-state index < -0.39 is 24.5 Å². The Balaban J connectivity index is 1.47. The minimum absolute atomic E-state index is 0.0893. The van der Waals surface area contributed by atoms with Crippen LogP contribution in [0.25, 0.3) is 0 Å². The van der Waals surface area contributed by atoms with E-state index in [1.807, 2.05) is 20.8 Å². The molecule has 0 bridgehead atoms. The molecule has 31 heavy (non-hydrogen) atoms. The summed E-state index contributed by atoms with van der Waals surface area (Å²) < 4.78 is 5.02. The van der Waals surface area contributed by atoms with Gasteiger partial charge in [0.05, 0.1) is 23.3 Å². The summed E-state index contributed by atoms with van der Waals surface area (Å²) in [6.45, 7) is 4.85. The maximum atomic E-state index is 12.4. The molecule has 0 spiro atoms. The third-order valence-electron chi connectivity index (χ3n) is 5.62. The lowest BCUT2D eigenvalue weighted by Gasteiger charge is -2.19. The Hall–Kier alpha value is -2.55. The Kier molecular flexibility index (Phi) is 6.93. The van der Waals surface area contributed by atoms with Gasteiger partial charge in [0, 0.05) is 10.3 Å². The minimum atomic E-state index is -0.775. The van der Waals surface area contributed by atoms with E-state index in [-0.39, 0.29) is 35.3 Å². The number of rotatable bonds is 7. The molecule has 3 rings (SSSR count). The molecule has 2 fully saturated rings. The number of carbonyl (C=O) groups is 5. The standard InChI is InChI=1S/C22H28N2O6S/c1-22(2,3)21(29)23-10-13-8-9-17(31-13)16(25)12-30-18(26)11-24-19(27)14-6-4-5-7-15(14)20(24)28/h8-9,14-15H,4-7,10-12H2,1-3H3,(H,23,29)/t14-,15+. The van der Waals surface area contributed by atoms with Crippen molar-refractivity contribution >= 4 is 40.8 Å². The summed E-state index contributed by atoms with van der Waals surface area (Å²) in [7, 11) is 0. The van der Waals surface area contributed by atoms with Gasteiger partial charge < -0.3 is 10.1 Å². The first-order valence-corrected chi connectivity index (χ1v) is 11.3. The Morgan fingerprint density at radius 3 is 2.29 bits per heavy atom. The van der Waals surface area contributed by atoms with Crippen molar-refractivity contribution in [2.24, 2.45) is 17.3 Å². The zero-order chi connectivity index (χ0) is 22.8. The van der Waals surface area contributed by atoms with Crippen molar-refractivity contribution in [1.29, 1.82) is 0 Å². The largest absolute Gasteiger partial charge is 0.456 e. The summed E-state index contributed by atoms with van der Waals surface area (Å²) in [5.74, 6) is -2.50. The number of likely N-dealkylation sites (tertiary alicyclic amines) is 1. The summed E-state index contributed by atoms with van der Waals surface area (Å²) in [5.41, 5.74) is -0.500. The topological polar surface area (TPSA) is 110 Å². The van der Waals surface area contributed by atoms with Crippen LogP contribution in [-0.2, 0) is 30.5 Å². The normalized spacial score (nSPS) is 21.1. The van der Waals surface area contributed by atoms with Crippen LogP contribution in [-0.4, -0.2) is 47.5 Å². The number of ketones is 1. The van der Waals surface area contributed by atoms with Crippen LogP contribution in [0, 0.1) is 17.3 Å². The van der Waals surface area contributed by atoms with Gasteiger partial charge in [-0.05, 0) is 25.0 Å².